The third-order valence-corrected chi connectivity index (χ3v) is 4.78. The van der Waals surface area contributed by atoms with Gasteiger partial charge in [-0.2, -0.15) is 0 Å². The van der Waals surface area contributed by atoms with E-state index in [4.69, 9.17) is 5.73 Å². The number of hydrogen-bond acceptors (Lipinski definition) is 4. The molecule has 0 saturated carbocycles. The molecule has 0 fully saturated rings. The lowest BCUT2D eigenvalue weighted by Gasteiger charge is -2.28. The van der Waals surface area contributed by atoms with Crippen molar-refractivity contribution >= 4 is 28.4 Å². The van der Waals surface area contributed by atoms with E-state index in [1.165, 1.54) is 0 Å². The molecule has 3 aromatic rings. The van der Waals surface area contributed by atoms with Gasteiger partial charge in [0.05, 0.1) is 16.8 Å². The summed E-state index contributed by atoms with van der Waals surface area (Å²) in [6.07, 6.45) is 5.66. The van der Waals surface area contributed by atoms with Crippen molar-refractivity contribution in [1.82, 2.24) is 14.5 Å². The fraction of sp³-hybridized carbons (Fsp3) is 0.211. The van der Waals surface area contributed by atoms with Crippen LogP contribution in [0, 0.1) is 0 Å². The number of carbonyl (C=O) groups is 2. The van der Waals surface area contributed by atoms with Crippen LogP contribution in [0.25, 0.3) is 10.9 Å². The Kier molecular flexibility index (Phi) is 3.53. The highest BCUT2D eigenvalue weighted by Gasteiger charge is 2.24. The minimum absolute atomic E-state index is 0.0338. The van der Waals surface area contributed by atoms with Gasteiger partial charge in [-0.1, -0.05) is 18.2 Å². The lowest BCUT2D eigenvalue weighted by molar-refractivity contribution is -0.129. The number of aromatic nitrogens is 2. The van der Waals surface area contributed by atoms with Gasteiger partial charge in [-0.3, -0.25) is 19.1 Å². The summed E-state index contributed by atoms with van der Waals surface area (Å²) in [5, 5.41) is 0.858. The third-order valence-electron chi connectivity index (χ3n) is 4.78. The summed E-state index contributed by atoms with van der Waals surface area (Å²) in [7, 11) is 0. The van der Waals surface area contributed by atoms with Crippen LogP contribution in [0.2, 0.25) is 0 Å². The topological polar surface area (TPSA) is 81.2 Å². The summed E-state index contributed by atoms with van der Waals surface area (Å²) in [4.78, 5) is 30.8. The zero-order valence-corrected chi connectivity index (χ0v) is 13.9. The number of nitrogens with zero attached hydrogens (tertiary/aromatic N) is 3. The molecule has 0 spiro atoms. The Labute approximate surface area is 144 Å². The molecule has 2 aromatic heterocycles. The number of anilines is 1. The van der Waals surface area contributed by atoms with E-state index >= 15 is 0 Å². The van der Waals surface area contributed by atoms with E-state index in [9.17, 15) is 9.59 Å². The number of para-hydroxylation sites is 1. The standard InChI is InChI=1S/C19H18N4O2/c1-12(24)22-7-6-14-13(10-22)8-21-9-16(14)19(25)23-11-17(20)15-4-2-3-5-18(15)23/h2-5,8-9,11H,6-7,10,20H2,1H3. The average Bonchev–Trinajstić information content (AvgIpc) is 2.97. The van der Waals surface area contributed by atoms with Crippen molar-refractivity contribution in [2.75, 3.05) is 12.3 Å². The Morgan fingerprint density at radius 1 is 1.20 bits per heavy atom. The first kappa shape index (κ1) is 15.4. The van der Waals surface area contributed by atoms with Gasteiger partial charge in [-0.25, -0.2) is 0 Å². The maximum absolute atomic E-state index is 13.1. The molecule has 6 nitrogen and oxygen atoms in total. The van der Waals surface area contributed by atoms with E-state index in [1.54, 1.807) is 35.0 Å². The SMILES string of the molecule is CC(=O)N1CCc2c(cncc2C(=O)n2cc(N)c3ccccc32)C1. The van der Waals surface area contributed by atoms with Gasteiger partial charge in [0.2, 0.25) is 5.91 Å². The molecule has 6 heteroatoms. The predicted octanol–water partition coefficient (Wildman–Crippen LogP) is 2.21. The first-order valence-corrected chi connectivity index (χ1v) is 8.18. The lowest BCUT2D eigenvalue weighted by Crippen LogP contribution is -2.35. The van der Waals surface area contributed by atoms with Crippen LogP contribution in [-0.4, -0.2) is 32.8 Å². The second kappa shape index (κ2) is 5.73. The number of nitrogens with two attached hydrogens (primary N) is 1. The molecule has 126 valence electrons. The van der Waals surface area contributed by atoms with E-state index in [0.717, 1.165) is 22.0 Å². The maximum atomic E-state index is 13.1. The van der Waals surface area contributed by atoms with Crippen molar-refractivity contribution in [2.45, 2.75) is 19.9 Å². The van der Waals surface area contributed by atoms with Crippen molar-refractivity contribution in [3.8, 4) is 0 Å². The van der Waals surface area contributed by atoms with Crippen molar-refractivity contribution in [1.29, 1.82) is 0 Å². The van der Waals surface area contributed by atoms with E-state index in [2.05, 4.69) is 4.98 Å². The van der Waals surface area contributed by atoms with Crippen molar-refractivity contribution < 1.29 is 9.59 Å². The highest BCUT2D eigenvalue weighted by molar-refractivity contribution is 6.06. The molecule has 4 rings (SSSR count). The summed E-state index contributed by atoms with van der Waals surface area (Å²) in [5.41, 5.74) is 9.87. The van der Waals surface area contributed by atoms with Gasteiger partial charge in [0.15, 0.2) is 0 Å². The molecule has 1 aliphatic rings. The van der Waals surface area contributed by atoms with Gasteiger partial charge in [-0.15, -0.1) is 0 Å². The molecule has 2 N–H and O–H groups in total. The Morgan fingerprint density at radius 3 is 2.80 bits per heavy atom. The highest BCUT2D eigenvalue weighted by Crippen LogP contribution is 2.27. The number of carbonyl (C=O) groups excluding carboxylic acids is 2. The highest BCUT2D eigenvalue weighted by atomic mass is 16.2. The molecule has 25 heavy (non-hydrogen) atoms. The molecular formula is C19H18N4O2. The Balaban J connectivity index is 1.79. The van der Waals surface area contributed by atoms with E-state index in [-0.39, 0.29) is 11.8 Å². The number of pyridine rings is 1. The average molecular weight is 334 g/mol. The zero-order valence-electron chi connectivity index (χ0n) is 13.9. The Morgan fingerprint density at radius 2 is 2.00 bits per heavy atom. The van der Waals surface area contributed by atoms with Crippen LogP contribution in [0.1, 0.15) is 28.4 Å². The van der Waals surface area contributed by atoms with Crippen LogP contribution in [0.5, 0.6) is 0 Å². The molecule has 0 atom stereocenters. The van der Waals surface area contributed by atoms with Gasteiger partial charge < -0.3 is 10.6 Å². The molecule has 1 aliphatic heterocycles. The number of hydrogen-bond donors (Lipinski definition) is 1. The van der Waals surface area contributed by atoms with E-state index < -0.39 is 0 Å². The van der Waals surface area contributed by atoms with Gasteiger partial charge in [0.25, 0.3) is 5.91 Å². The molecule has 1 aromatic carbocycles. The normalized spacial score (nSPS) is 13.7. The van der Waals surface area contributed by atoms with Crippen molar-refractivity contribution in [3.63, 3.8) is 0 Å². The zero-order chi connectivity index (χ0) is 17.6. The first-order valence-electron chi connectivity index (χ1n) is 8.18. The van der Waals surface area contributed by atoms with Crippen LogP contribution in [0.15, 0.2) is 42.9 Å². The minimum Gasteiger partial charge on any atom is -0.397 e. The minimum atomic E-state index is -0.145. The van der Waals surface area contributed by atoms with Crippen molar-refractivity contribution in [3.05, 3.63) is 59.5 Å². The second-order valence-corrected chi connectivity index (χ2v) is 6.29. The number of rotatable bonds is 1. The van der Waals surface area contributed by atoms with E-state index in [0.29, 0.717) is 30.8 Å². The molecule has 0 aliphatic carbocycles. The van der Waals surface area contributed by atoms with Gasteiger partial charge >= 0.3 is 0 Å². The number of nitrogen functional groups attached to an aromatic ring is 1. The van der Waals surface area contributed by atoms with Crippen LogP contribution < -0.4 is 5.73 Å². The number of benzene rings is 1. The van der Waals surface area contributed by atoms with Crippen LogP contribution in [-0.2, 0) is 17.8 Å². The molecular weight excluding hydrogens is 316 g/mol. The van der Waals surface area contributed by atoms with Gasteiger partial charge in [0.1, 0.15) is 0 Å². The molecule has 0 radical (unpaired) electrons. The summed E-state index contributed by atoms with van der Waals surface area (Å²) in [6, 6.07) is 7.56. The molecule has 3 heterocycles. The summed E-state index contributed by atoms with van der Waals surface area (Å²) in [5.74, 6) is -0.111. The third kappa shape index (κ3) is 2.46. The Hall–Kier alpha value is -3.15. The molecule has 0 saturated heterocycles. The molecule has 0 bridgehead atoms. The summed E-state index contributed by atoms with van der Waals surface area (Å²) < 4.78 is 1.58. The van der Waals surface area contributed by atoms with Crippen LogP contribution >= 0.6 is 0 Å². The van der Waals surface area contributed by atoms with Crippen LogP contribution in [0.4, 0.5) is 5.69 Å². The smallest absolute Gasteiger partial charge is 0.264 e. The number of amides is 1. The fourth-order valence-corrected chi connectivity index (χ4v) is 3.45. The number of fused-ring (bicyclic) bond motifs is 2. The molecule has 0 unspecified atom stereocenters. The summed E-state index contributed by atoms with van der Waals surface area (Å²) >= 11 is 0. The second-order valence-electron chi connectivity index (χ2n) is 6.29. The van der Waals surface area contributed by atoms with Crippen molar-refractivity contribution in [2.24, 2.45) is 0 Å². The largest absolute Gasteiger partial charge is 0.397 e. The monoisotopic (exact) mass is 334 g/mol. The lowest BCUT2D eigenvalue weighted by atomic mass is 9.96. The fourth-order valence-electron chi connectivity index (χ4n) is 3.45. The van der Waals surface area contributed by atoms with E-state index in [1.807, 2.05) is 24.3 Å². The quantitative estimate of drug-likeness (QED) is 0.740. The Bertz CT molecular complexity index is 1010. The maximum Gasteiger partial charge on any atom is 0.264 e. The molecule has 1 amide bonds. The van der Waals surface area contributed by atoms with Gasteiger partial charge in [-0.05, 0) is 23.6 Å². The summed E-state index contributed by atoms with van der Waals surface area (Å²) in [6.45, 7) is 2.66. The van der Waals surface area contributed by atoms with Crippen LogP contribution in [0.3, 0.4) is 0 Å². The van der Waals surface area contributed by atoms with Gasteiger partial charge in [0, 0.05) is 44.0 Å². The first-order chi connectivity index (χ1) is 12.1. The predicted molar refractivity (Wildman–Crippen MR) is 95.1 cm³/mol.